The minimum absolute atomic E-state index is 0.163. The van der Waals surface area contributed by atoms with Gasteiger partial charge in [0.2, 0.25) is 0 Å². The lowest BCUT2D eigenvalue weighted by atomic mass is 10.2. The Labute approximate surface area is 131 Å². The summed E-state index contributed by atoms with van der Waals surface area (Å²) >= 11 is 3.33. The van der Waals surface area contributed by atoms with Crippen LogP contribution < -0.4 is 4.72 Å². The molecule has 0 atom stereocenters. The maximum Gasteiger partial charge on any atom is 0.264 e. The largest absolute Gasteiger partial charge is 0.278 e. The van der Waals surface area contributed by atoms with E-state index in [1.807, 2.05) is 18.2 Å². The number of aromatic nitrogens is 1. The number of halogens is 1. The van der Waals surface area contributed by atoms with Gasteiger partial charge in [-0.1, -0.05) is 30.3 Å². The molecule has 1 aromatic heterocycles. The number of fused-ring (bicyclic) bond motifs is 1. The molecule has 0 bridgehead atoms. The van der Waals surface area contributed by atoms with Crippen LogP contribution in [0.2, 0.25) is 0 Å². The molecule has 3 aromatic rings. The molecule has 0 aliphatic carbocycles. The lowest BCUT2D eigenvalue weighted by molar-refractivity contribution is 0.602. The van der Waals surface area contributed by atoms with Crippen molar-refractivity contribution in [3.05, 3.63) is 65.3 Å². The Bertz CT molecular complexity index is 905. The lowest BCUT2D eigenvalue weighted by Crippen LogP contribution is -2.14. The highest BCUT2D eigenvalue weighted by atomic mass is 79.9. The van der Waals surface area contributed by atoms with Gasteiger partial charge in [0.25, 0.3) is 10.0 Å². The van der Waals surface area contributed by atoms with Gasteiger partial charge >= 0.3 is 0 Å². The van der Waals surface area contributed by atoms with Crippen molar-refractivity contribution in [2.45, 2.75) is 4.90 Å². The first-order valence-electron chi connectivity index (χ1n) is 6.19. The predicted octanol–water partition coefficient (Wildman–Crippen LogP) is 3.80. The smallest absolute Gasteiger partial charge is 0.264 e. The van der Waals surface area contributed by atoms with Gasteiger partial charge in [-0.2, -0.15) is 0 Å². The fourth-order valence-electron chi connectivity index (χ4n) is 2.04. The van der Waals surface area contributed by atoms with E-state index in [9.17, 15) is 8.42 Å². The van der Waals surface area contributed by atoms with E-state index in [2.05, 4.69) is 25.6 Å². The van der Waals surface area contributed by atoms with Gasteiger partial charge in [0, 0.05) is 16.1 Å². The van der Waals surface area contributed by atoms with E-state index in [1.54, 1.807) is 42.6 Å². The molecule has 1 N–H and O–H groups in total. The summed E-state index contributed by atoms with van der Waals surface area (Å²) in [6.45, 7) is 0. The van der Waals surface area contributed by atoms with E-state index in [-0.39, 0.29) is 4.90 Å². The Morgan fingerprint density at radius 1 is 0.952 bits per heavy atom. The first-order valence-corrected chi connectivity index (χ1v) is 8.47. The van der Waals surface area contributed by atoms with Crippen LogP contribution in [-0.4, -0.2) is 13.4 Å². The number of nitrogens with zero attached hydrogens (tertiary/aromatic N) is 1. The molecule has 1 heterocycles. The van der Waals surface area contributed by atoms with Gasteiger partial charge in [-0.25, -0.2) is 8.42 Å². The Morgan fingerprint density at radius 3 is 2.52 bits per heavy atom. The molecule has 0 radical (unpaired) electrons. The molecular formula is C15H11BrN2O2S. The standard InChI is InChI=1S/C15H11BrN2O2S/c16-12-7-1-2-8-13(12)18-21(19,20)14-9-3-5-11-6-4-10-17-15(11)14/h1-10,18H. The van der Waals surface area contributed by atoms with Crippen molar-refractivity contribution in [3.8, 4) is 0 Å². The minimum Gasteiger partial charge on any atom is -0.278 e. The monoisotopic (exact) mass is 362 g/mol. The van der Waals surface area contributed by atoms with Crippen molar-refractivity contribution in [2.75, 3.05) is 4.72 Å². The molecule has 6 heteroatoms. The van der Waals surface area contributed by atoms with Crippen LogP contribution in [0.4, 0.5) is 5.69 Å². The summed E-state index contributed by atoms with van der Waals surface area (Å²) in [6.07, 6.45) is 1.58. The number of hydrogen-bond donors (Lipinski definition) is 1. The molecule has 0 spiro atoms. The van der Waals surface area contributed by atoms with Gasteiger partial charge < -0.3 is 0 Å². The van der Waals surface area contributed by atoms with Crippen molar-refractivity contribution in [3.63, 3.8) is 0 Å². The molecule has 0 saturated carbocycles. The highest BCUT2D eigenvalue weighted by Crippen LogP contribution is 2.27. The summed E-state index contributed by atoms with van der Waals surface area (Å²) in [7, 11) is -3.70. The zero-order valence-electron chi connectivity index (χ0n) is 10.8. The number of sulfonamides is 1. The van der Waals surface area contributed by atoms with Crippen molar-refractivity contribution >= 4 is 42.5 Å². The Kier molecular flexibility index (Phi) is 3.65. The maximum atomic E-state index is 12.6. The summed E-state index contributed by atoms with van der Waals surface area (Å²) < 4.78 is 28.5. The molecule has 0 saturated heterocycles. The zero-order chi connectivity index (χ0) is 14.9. The van der Waals surface area contributed by atoms with Crippen molar-refractivity contribution in [1.29, 1.82) is 0 Å². The predicted molar refractivity (Wildman–Crippen MR) is 86.7 cm³/mol. The van der Waals surface area contributed by atoms with Gasteiger partial charge in [0.15, 0.2) is 0 Å². The number of anilines is 1. The highest BCUT2D eigenvalue weighted by Gasteiger charge is 2.19. The number of benzene rings is 2. The van der Waals surface area contributed by atoms with Gasteiger partial charge in [-0.15, -0.1) is 0 Å². The van der Waals surface area contributed by atoms with Crippen LogP contribution in [0.1, 0.15) is 0 Å². The zero-order valence-corrected chi connectivity index (χ0v) is 13.2. The first kappa shape index (κ1) is 14.0. The molecular weight excluding hydrogens is 352 g/mol. The third kappa shape index (κ3) is 2.77. The first-order chi connectivity index (χ1) is 10.1. The number of para-hydroxylation sites is 2. The fourth-order valence-corrected chi connectivity index (χ4v) is 3.81. The Morgan fingerprint density at radius 2 is 1.71 bits per heavy atom. The second-order valence-electron chi connectivity index (χ2n) is 4.42. The third-order valence-corrected chi connectivity index (χ3v) is 5.09. The molecule has 21 heavy (non-hydrogen) atoms. The van der Waals surface area contributed by atoms with E-state index in [0.29, 0.717) is 15.7 Å². The molecule has 0 fully saturated rings. The number of pyridine rings is 1. The van der Waals surface area contributed by atoms with E-state index in [0.717, 1.165) is 5.39 Å². The van der Waals surface area contributed by atoms with Gasteiger partial charge in [0.1, 0.15) is 4.90 Å². The molecule has 4 nitrogen and oxygen atoms in total. The lowest BCUT2D eigenvalue weighted by Gasteiger charge is -2.11. The molecule has 106 valence electrons. The van der Waals surface area contributed by atoms with Crippen molar-refractivity contribution < 1.29 is 8.42 Å². The number of hydrogen-bond acceptors (Lipinski definition) is 3. The van der Waals surface area contributed by atoms with Crippen molar-refractivity contribution in [2.24, 2.45) is 0 Å². The maximum absolute atomic E-state index is 12.6. The highest BCUT2D eigenvalue weighted by molar-refractivity contribution is 9.10. The SMILES string of the molecule is O=S(=O)(Nc1ccccc1Br)c1cccc2cccnc12. The van der Waals surface area contributed by atoms with Crippen LogP contribution >= 0.6 is 15.9 Å². The summed E-state index contributed by atoms with van der Waals surface area (Å²) in [5.74, 6) is 0. The second-order valence-corrected chi connectivity index (χ2v) is 6.92. The molecule has 2 aromatic carbocycles. The van der Waals surface area contributed by atoms with E-state index in [1.165, 1.54) is 0 Å². The van der Waals surface area contributed by atoms with Crippen LogP contribution in [-0.2, 0) is 10.0 Å². The average molecular weight is 363 g/mol. The summed E-state index contributed by atoms with van der Waals surface area (Å²) in [4.78, 5) is 4.34. The Balaban J connectivity index is 2.11. The van der Waals surface area contributed by atoms with Gasteiger partial charge in [0.05, 0.1) is 11.2 Å². The molecule has 0 amide bonds. The summed E-state index contributed by atoms with van der Waals surface area (Å²) in [6, 6.07) is 15.8. The summed E-state index contributed by atoms with van der Waals surface area (Å²) in [5, 5.41) is 0.785. The normalized spacial score (nSPS) is 11.5. The van der Waals surface area contributed by atoms with Gasteiger partial charge in [-0.05, 0) is 40.2 Å². The summed E-state index contributed by atoms with van der Waals surface area (Å²) in [5.41, 5.74) is 0.949. The molecule has 0 unspecified atom stereocenters. The molecule has 3 rings (SSSR count). The minimum atomic E-state index is -3.70. The van der Waals surface area contributed by atoms with Gasteiger partial charge in [-0.3, -0.25) is 9.71 Å². The van der Waals surface area contributed by atoms with E-state index < -0.39 is 10.0 Å². The van der Waals surface area contributed by atoms with Crippen LogP contribution in [0.3, 0.4) is 0 Å². The number of rotatable bonds is 3. The van der Waals surface area contributed by atoms with E-state index in [4.69, 9.17) is 0 Å². The molecule has 0 aliphatic rings. The van der Waals surface area contributed by atoms with Crippen LogP contribution in [0, 0.1) is 0 Å². The van der Waals surface area contributed by atoms with Crippen LogP contribution in [0.25, 0.3) is 10.9 Å². The average Bonchev–Trinajstić information content (AvgIpc) is 2.49. The van der Waals surface area contributed by atoms with Crippen molar-refractivity contribution in [1.82, 2.24) is 4.98 Å². The fraction of sp³-hybridized carbons (Fsp3) is 0. The van der Waals surface area contributed by atoms with Crippen LogP contribution in [0.15, 0.2) is 70.2 Å². The second kappa shape index (κ2) is 5.46. The Hall–Kier alpha value is -1.92. The topological polar surface area (TPSA) is 59.1 Å². The quantitative estimate of drug-likeness (QED) is 0.770. The van der Waals surface area contributed by atoms with E-state index >= 15 is 0 Å². The number of nitrogens with one attached hydrogen (secondary N) is 1. The van der Waals surface area contributed by atoms with Crippen LogP contribution in [0.5, 0.6) is 0 Å². The third-order valence-electron chi connectivity index (χ3n) is 3.00. The molecule has 0 aliphatic heterocycles.